The molecule has 10 heteroatoms. The zero-order chi connectivity index (χ0) is 23.9. The van der Waals surface area contributed by atoms with Crippen molar-refractivity contribution < 1.29 is 18.7 Å². The summed E-state index contributed by atoms with van der Waals surface area (Å²) in [5.41, 5.74) is 0.906. The number of halogens is 1. The smallest absolute Gasteiger partial charge is 0.286 e. The zero-order valence-corrected chi connectivity index (χ0v) is 19.7. The Labute approximate surface area is 204 Å². The van der Waals surface area contributed by atoms with E-state index in [2.05, 4.69) is 20.8 Å². The standard InChI is InChI=1S/C24H21ClN4O4S/c1-15(12-20-6-3-11-32-20)26-22(30)16-4-2-5-18(13-16)27-23(31)24-29-28-21(34-24)14-33-19-9-7-17(25)8-10-19/h2-11,13,15H,12,14H2,1H3,(H,26,30)(H,27,31)/t15-/m0/s1. The molecule has 0 fully saturated rings. The van der Waals surface area contributed by atoms with Gasteiger partial charge in [-0.1, -0.05) is 29.0 Å². The molecule has 8 nitrogen and oxygen atoms in total. The largest absolute Gasteiger partial charge is 0.486 e. The summed E-state index contributed by atoms with van der Waals surface area (Å²) in [6.07, 6.45) is 2.18. The summed E-state index contributed by atoms with van der Waals surface area (Å²) < 4.78 is 11.0. The van der Waals surface area contributed by atoms with Gasteiger partial charge < -0.3 is 19.8 Å². The highest BCUT2D eigenvalue weighted by molar-refractivity contribution is 7.13. The van der Waals surface area contributed by atoms with Gasteiger partial charge in [-0.05, 0) is 61.5 Å². The fourth-order valence-corrected chi connectivity index (χ4v) is 3.87. The third-order valence-corrected chi connectivity index (χ3v) is 5.83. The number of carbonyl (C=O) groups is 2. The monoisotopic (exact) mass is 496 g/mol. The number of nitrogens with zero attached hydrogens (tertiary/aromatic N) is 2. The first kappa shape index (κ1) is 23.5. The van der Waals surface area contributed by atoms with Crippen molar-refractivity contribution in [2.24, 2.45) is 0 Å². The van der Waals surface area contributed by atoms with E-state index in [1.54, 1.807) is 54.8 Å². The lowest BCUT2D eigenvalue weighted by atomic mass is 10.1. The third kappa shape index (κ3) is 6.43. The molecule has 2 amide bonds. The minimum atomic E-state index is -0.418. The predicted molar refractivity (Wildman–Crippen MR) is 129 cm³/mol. The van der Waals surface area contributed by atoms with Crippen LogP contribution in [0.1, 0.15) is 37.9 Å². The minimum absolute atomic E-state index is 0.119. The zero-order valence-electron chi connectivity index (χ0n) is 18.2. The van der Waals surface area contributed by atoms with Crippen LogP contribution in [0.4, 0.5) is 5.69 Å². The molecule has 4 rings (SSSR count). The average Bonchev–Trinajstić information content (AvgIpc) is 3.51. The number of furan rings is 1. The summed E-state index contributed by atoms with van der Waals surface area (Å²) in [6.45, 7) is 2.08. The highest BCUT2D eigenvalue weighted by Gasteiger charge is 2.16. The molecule has 2 N–H and O–H groups in total. The highest BCUT2D eigenvalue weighted by atomic mass is 35.5. The number of hydrogen-bond acceptors (Lipinski definition) is 7. The quantitative estimate of drug-likeness (QED) is 0.338. The Morgan fingerprint density at radius 2 is 1.91 bits per heavy atom. The predicted octanol–water partition coefficient (Wildman–Crippen LogP) is 4.98. The normalized spacial score (nSPS) is 11.6. The first-order chi connectivity index (χ1) is 16.5. The van der Waals surface area contributed by atoms with Gasteiger partial charge in [-0.15, -0.1) is 10.2 Å². The summed E-state index contributed by atoms with van der Waals surface area (Å²) in [4.78, 5) is 25.2. The fourth-order valence-electron chi connectivity index (χ4n) is 3.09. The number of carbonyl (C=O) groups excluding carboxylic acids is 2. The molecule has 0 bridgehead atoms. The molecule has 174 valence electrons. The van der Waals surface area contributed by atoms with Gasteiger partial charge in [-0.3, -0.25) is 9.59 Å². The molecule has 0 aliphatic rings. The summed E-state index contributed by atoms with van der Waals surface area (Å²) in [5.74, 6) is 0.773. The van der Waals surface area contributed by atoms with Crippen molar-refractivity contribution in [2.75, 3.05) is 5.32 Å². The Hall–Kier alpha value is -3.69. The van der Waals surface area contributed by atoms with Crippen LogP contribution in [0, 0.1) is 0 Å². The van der Waals surface area contributed by atoms with Crippen molar-refractivity contribution >= 4 is 40.4 Å². The maximum absolute atomic E-state index is 12.6. The fraction of sp³-hybridized carbons (Fsp3) is 0.167. The van der Waals surface area contributed by atoms with Gasteiger partial charge in [0.2, 0.25) is 5.01 Å². The SMILES string of the molecule is C[C@@H](Cc1ccco1)NC(=O)c1cccc(NC(=O)c2nnc(COc3ccc(Cl)cc3)s2)c1. The Balaban J connectivity index is 1.32. The molecule has 4 aromatic rings. The van der Waals surface area contributed by atoms with Crippen molar-refractivity contribution in [3.05, 3.63) is 93.3 Å². The molecule has 0 aliphatic carbocycles. The molecule has 2 aromatic carbocycles. The number of rotatable bonds is 9. The summed E-state index contributed by atoms with van der Waals surface area (Å²) in [6, 6.07) is 17.2. The van der Waals surface area contributed by atoms with Crippen molar-refractivity contribution in [1.82, 2.24) is 15.5 Å². The number of amides is 2. The second-order valence-electron chi connectivity index (χ2n) is 7.44. The molecule has 0 spiro atoms. The third-order valence-electron chi connectivity index (χ3n) is 4.68. The summed E-state index contributed by atoms with van der Waals surface area (Å²) in [5, 5.41) is 15.0. The van der Waals surface area contributed by atoms with Crippen molar-refractivity contribution in [3.63, 3.8) is 0 Å². The van der Waals surface area contributed by atoms with E-state index < -0.39 is 5.91 Å². The van der Waals surface area contributed by atoms with Gasteiger partial charge in [-0.2, -0.15) is 0 Å². The van der Waals surface area contributed by atoms with E-state index in [-0.39, 0.29) is 23.6 Å². The van der Waals surface area contributed by atoms with Crippen LogP contribution in [0.15, 0.2) is 71.3 Å². The molecular formula is C24H21ClN4O4S. The molecule has 34 heavy (non-hydrogen) atoms. The van der Waals surface area contributed by atoms with Gasteiger partial charge in [0.1, 0.15) is 18.1 Å². The second-order valence-corrected chi connectivity index (χ2v) is 8.93. The Bertz CT molecular complexity index is 1260. The maximum atomic E-state index is 12.6. The van der Waals surface area contributed by atoms with Gasteiger partial charge in [-0.25, -0.2) is 0 Å². The Morgan fingerprint density at radius 3 is 2.68 bits per heavy atom. The Morgan fingerprint density at radius 1 is 1.09 bits per heavy atom. The number of benzene rings is 2. The van der Waals surface area contributed by atoms with Crippen LogP contribution < -0.4 is 15.4 Å². The van der Waals surface area contributed by atoms with E-state index in [0.29, 0.717) is 33.5 Å². The van der Waals surface area contributed by atoms with Gasteiger partial charge >= 0.3 is 0 Å². The van der Waals surface area contributed by atoms with Gasteiger partial charge in [0, 0.05) is 28.7 Å². The molecule has 0 saturated heterocycles. The number of anilines is 1. The molecule has 0 unspecified atom stereocenters. The highest BCUT2D eigenvalue weighted by Crippen LogP contribution is 2.19. The molecule has 2 heterocycles. The topological polar surface area (TPSA) is 106 Å². The number of ether oxygens (including phenoxy) is 1. The molecule has 0 radical (unpaired) electrons. The number of aromatic nitrogens is 2. The summed E-state index contributed by atoms with van der Waals surface area (Å²) >= 11 is 6.99. The lowest BCUT2D eigenvalue weighted by molar-refractivity contribution is 0.0938. The average molecular weight is 497 g/mol. The minimum Gasteiger partial charge on any atom is -0.486 e. The molecule has 1 atom stereocenters. The molecule has 2 aromatic heterocycles. The van der Waals surface area contributed by atoms with Crippen LogP contribution in [-0.4, -0.2) is 28.1 Å². The van der Waals surface area contributed by atoms with Crippen molar-refractivity contribution in [3.8, 4) is 5.75 Å². The van der Waals surface area contributed by atoms with E-state index in [1.165, 1.54) is 0 Å². The van der Waals surface area contributed by atoms with Crippen molar-refractivity contribution in [2.45, 2.75) is 26.0 Å². The van der Waals surface area contributed by atoms with Crippen LogP contribution in [0.2, 0.25) is 5.02 Å². The van der Waals surface area contributed by atoms with Crippen LogP contribution >= 0.6 is 22.9 Å². The molecule has 0 aliphatic heterocycles. The van der Waals surface area contributed by atoms with E-state index in [0.717, 1.165) is 17.1 Å². The van der Waals surface area contributed by atoms with Crippen LogP contribution in [0.5, 0.6) is 5.75 Å². The van der Waals surface area contributed by atoms with Gasteiger partial charge in [0.05, 0.1) is 6.26 Å². The molecule has 0 saturated carbocycles. The lowest BCUT2D eigenvalue weighted by Crippen LogP contribution is -2.34. The van der Waals surface area contributed by atoms with Crippen LogP contribution in [0.25, 0.3) is 0 Å². The van der Waals surface area contributed by atoms with Crippen LogP contribution in [0.3, 0.4) is 0 Å². The van der Waals surface area contributed by atoms with E-state index in [9.17, 15) is 9.59 Å². The Kier molecular flexibility index (Phi) is 7.56. The first-order valence-corrected chi connectivity index (χ1v) is 11.6. The van der Waals surface area contributed by atoms with Crippen molar-refractivity contribution in [1.29, 1.82) is 0 Å². The lowest BCUT2D eigenvalue weighted by Gasteiger charge is -2.13. The van der Waals surface area contributed by atoms with E-state index >= 15 is 0 Å². The molecular weight excluding hydrogens is 476 g/mol. The summed E-state index contributed by atoms with van der Waals surface area (Å²) in [7, 11) is 0. The van der Waals surface area contributed by atoms with Gasteiger partial charge in [0.15, 0.2) is 5.01 Å². The number of hydrogen-bond donors (Lipinski definition) is 2. The van der Waals surface area contributed by atoms with Gasteiger partial charge in [0.25, 0.3) is 11.8 Å². The maximum Gasteiger partial charge on any atom is 0.286 e. The first-order valence-electron chi connectivity index (χ1n) is 10.4. The second kappa shape index (κ2) is 11.0. The number of nitrogens with one attached hydrogen (secondary N) is 2. The van der Waals surface area contributed by atoms with E-state index in [4.69, 9.17) is 20.8 Å². The van der Waals surface area contributed by atoms with Crippen LogP contribution in [-0.2, 0) is 13.0 Å². The van der Waals surface area contributed by atoms with E-state index in [1.807, 2.05) is 19.1 Å².